The Morgan fingerprint density at radius 1 is 1.14 bits per heavy atom. The molecule has 0 radical (unpaired) electrons. The molecule has 0 amide bonds. The number of rotatable bonds is 5. The monoisotopic (exact) mass is 432 g/mol. The van der Waals surface area contributed by atoms with Gasteiger partial charge in [-0.3, -0.25) is 9.71 Å². The van der Waals surface area contributed by atoms with E-state index in [0.717, 1.165) is 22.3 Å². The molecule has 7 nitrogen and oxygen atoms in total. The molecule has 0 aliphatic rings. The van der Waals surface area contributed by atoms with Crippen molar-refractivity contribution >= 4 is 48.9 Å². The minimum Gasteiger partial charge on any atom is -0.496 e. The number of ether oxygens (including phenoxy) is 1. The Labute approximate surface area is 170 Å². The van der Waals surface area contributed by atoms with E-state index in [4.69, 9.17) is 16.3 Å². The van der Waals surface area contributed by atoms with E-state index in [0.29, 0.717) is 21.9 Å². The lowest BCUT2D eigenvalue weighted by molar-refractivity contribution is 0.416. The van der Waals surface area contributed by atoms with E-state index in [1.54, 1.807) is 49.7 Å². The van der Waals surface area contributed by atoms with Crippen LogP contribution in [0.5, 0.6) is 5.75 Å². The highest BCUT2D eigenvalue weighted by atomic mass is 35.5. The number of pyridine rings is 1. The molecule has 0 unspecified atom stereocenters. The number of nitrogens with zero attached hydrogens (tertiary/aromatic N) is 3. The first-order valence-electron chi connectivity index (χ1n) is 7.99. The Bertz CT molecular complexity index is 1260. The summed E-state index contributed by atoms with van der Waals surface area (Å²) in [6, 6.07) is 11.8. The third kappa shape index (κ3) is 3.51. The van der Waals surface area contributed by atoms with E-state index in [-0.39, 0.29) is 10.0 Å². The van der Waals surface area contributed by atoms with Gasteiger partial charge in [0.15, 0.2) is 0 Å². The molecular formula is C18H13ClN4O3S2. The number of methoxy groups -OCH3 is 1. The zero-order valence-corrected chi connectivity index (χ0v) is 16.8. The van der Waals surface area contributed by atoms with Crippen molar-refractivity contribution in [3.05, 3.63) is 59.2 Å². The summed E-state index contributed by atoms with van der Waals surface area (Å²) in [4.78, 5) is 4.58. The molecule has 0 saturated carbocycles. The molecule has 10 heteroatoms. The summed E-state index contributed by atoms with van der Waals surface area (Å²) in [7, 11) is -2.21. The minimum atomic E-state index is -3.78. The van der Waals surface area contributed by atoms with Crippen molar-refractivity contribution < 1.29 is 13.2 Å². The molecule has 4 rings (SSSR count). The van der Waals surface area contributed by atoms with Crippen LogP contribution in [0.4, 0.5) is 5.13 Å². The molecule has 0 aliphatic heterocycles. The number of sulfonamides is 1. The van der Waals surface area contributed by atoms with E-state index in [1.165, 1.54) is 11.6 Å². The van der Waals surface area contributed by atoms with Gasteiger partial charge in [0, 0.05) is 22.2 Å². The van der Waals surface area contributed by atoms with Crippen LogP contribution >= 0.6 is 22.9 Å². The quantitative estimate of drug-likeness (QED) is 0.507. The minimum absolute atomic E-state index is 0.116. The standard InChI is InChI=1S/C18H13ClN4O3S2/c1-26-16-5-2-12(19)9-15(16)17-14-4-3-13(8-11(14)6-7-20-17)28(24,25)23-18-22-21-10-27-18/h2-10H,1H3,(H,22,23). The van der Waals surface area contributed by atoms with Crippen LogP contribution in [-0.2, 0) is 10.0 Å². The van der Waals surface area contributed by atoms with Crippen molar-refractivity contribution in [3.63, 3.8) is 0 Å². The third-order valence-electron chi connectivity index (χ3n) is 4.04. The Morgan fingerprint density at radius 2 is 2.00 bits per heavy atom. The summed E-state index contributed by atoms with van der Waals surface area (Å²) in [5, 5.41) is 9.59. The fraction of sp³-hybridized carbons (Fsp3) is 0.0556. The Morgan fingerprint density at radius 3 is 2.75 bits per heavy atom. The van der Waals surface area contributed by atoms with Gasteiger partial charge in [0.05, 0.1) is 17.7 Å². The van der Waals surface area contributed by atoms with Gasteiger partial charge in [-0.1, -0.05) is 29.0 Å². The maximum atomic E-state index is 12.6. The maximum absolute atomic E-state index is 12.6. The molecule has 2 aromatic heterocycles. The first-order chi connectivity index (χ1) is 13.5. The van der Waals surface area contributed by atoms with Crippen LogP contribution in [0, 0.1) is 0 Å². The Hall–Kier alpha value is -2.75. The topological polar surface area (TPSA) is 94.1 Å². The van der Waals surface area contributed by atoms with Crippen molar-refractivity contribution in [2.45, 2.75) is 4.90 Å². The highest BCUT2D eigenvalue weighted by Gasteiger charge is 2.18. The highest BCUT2D eigenvalue weighted by Crippen LogP contribution is 2.36. The number of hydrogen-bond acceptors (Lipinski definition) is 7. The molecule has 2 aromatic carbocycles. The summed E-state index contributed by atoms with van der Waals surface area (Å²) in [5.41, 5.74) is 2.83. The second-order valence-electron chi connectivity index (χ2n) is 5.74. The first kappa shape index (κ1) is 18.6. The summed E-state index contributed by atoms with van der Waals surface area (Å²) >= 11 is 7.25. The lowest BCUT2D eigenvalue weighted by Crippen LogP contribution is -2.12. The van der Waals surface area contributed by atoms with Gasteiger partial charge in [0.2, 0.25) is 5.13 Å². The van der Waals surface area contributed by atoms with Gasteiger partial charge in [-0.15, -0.1) is 10.2 Å². The second-order valence-corrected chi connectivity index (χ2v) is 8.69. The zero-order valence-electron chi connectivity index (χ0n) is 14.5. The fourth-order valence-electron chi connectivity index (χ4n) is 2.79. The molecule has 0 aliphatic carbocycles. The number of aromatic nitrogens is 3. The van der Waals surface area contributed by atoms with Gasteiger partial charge < -0.3 is 4.74 Å². The summed E-state index contributed by atoms with van der Waals surface area (Å²) in [5.74, 6) is 0.624. The third-order valence-corrected chi connectivity index (χ3v) is 6.35. The summed E-state index contributed by atoms with van der Waals surface area (Å²) < 4.78 is 33.1. The lowest BCUT2D eigenvalue weighted by atomic mass is 10.0. The molecule has 0 spiro atoms. The molecule has 0 saturated heterocycles. The van der Waals surface area contributed by atoms with E-state index >= 15 is 0 Å². The van der Waals surface area contributed by atoms with Crippen molar-refractivity contribution in [2.75, 3.05) is 11.8 Å². The van der Waals surface area contributed by atoms with Crippen LogP contribution in [0.1, 0.15) is 0 Å². The molecular weight excluding hydrogens is 420 g/mol. The normalized spacial score (nSPS) is 11.5. The number of anilines is 1. The van der Waals surface area contributed by atoms with Gasteiger partial charge >= 0.3 is 0 Å². The second kappa shape index (κ2) is 7.34. The van der Waals surface area contributed by atoms with Crippen LogP contribution in [-0.4, -0.2) is 30.7 Å². The van der Waals surface area contributed by atoms with Crippen LogP contribution in [0.25, 0.3) is 22.0 Å². The van der Waals surface area contributed by atoms with Crippen LogP contribution < -0.4 is 9.46 Å². The van der Waals surface area contributed by atoms with E-state index in [1.807, 2.05) is 0 Å². The fourth-order valence-corrected chi connectivity index (χ4v) is 4.69. The molecule has 2 heterocycles. The van der Waals surface area contributed by atoms with Crippen molar-refractivity contribution in [2.24, 2.45) is 0 Å². The van der Waals surface area contributed by atoms with Gasteiger partial charge in [0.25, 0.3) is 10.0 Å². The predicted molar refractivity (Wildman–Crippen MR) is 109 cm³/mol. The number of benzene rings is 2. The van der Waals surface area contributed by atoms with Crippen LogP contribution in [0.15, 0.2) is 59.1 Å². The van der Waals surface area contributed by atoms with Crippen LogP contribution in [0.3, 0.4) is 0 Å². The molecule has 142 valence electrons. The van der Waals surface area contributed by atoms with Gasteiger partial charge in [-0.25, -0.2) is 8.42 Å². The van der Waals surface area contributed by atoms with E-state index in [9.17, 15) is 8.42 Å². The van der Waals surface area contributed by atoms with Gasteiger partial charge in [0.1, 0.15) is 11.3 Å². The summed E-state index contributed by atoms with van der Waals surface area (Å²) in [6.45, 7) is 0. The molecule has 28 heavy (non-hydrogen) atoms. The molecule has 4 aromatic rings. The number of nitrogens with one attached hydrogen (secondary N) is 1. The average Bonchev–Trinajstić information content (AvgIpc) is 3.19. The smallest absolute Gasteiger partial charge is 0.263 e. The van der Waals surface area contributed by atoms with E-state index < -0.39 is 10.0 Å². The van der Waals surface area contributed by atoms with Crippen molar-refractivity contribution in [3.8, 4) is 17.0 Å². The molecule has 1 N–H and O–H groups in total. The number of fused-ring (bicyclic) bond motifs is 1. The lowest BCUT2D eigenvalue weighted by Gasteiger charge is -2.12. The Kier molecular flexibility index (Phi) is 4.88. The van der Waals surface area contributed by atoms with Gasteiger partial charge in [-0.05, 0) is 41.8 Å². The molecule has 0 bridgehead atoms. The first-order valence-corrected chi connectivity index (χ1v) is 10.7. The zero-order chi connectivity index (χ0) is 19.7. The highest BCUT2D eigenvalue weighted by molar-refractivity contribution is 7.93. The Balaban J connectivity index is 1.82. The largest absolute Gasteiger partial charge is 0.496 e. The molecule has 0 fully saturated rings. The molecule has 0 atom stereocenters. The summed E-state index contributed by atoms with van der Waals surface area (Å²) in [6.07, 6.45) is 1.62. The van der Waals surface area contributed by atoms with Crippen LogP contribution in [0.2, 0.25) is 5.02 Å². The maximum Gasteiger partial charge on any atom is 0.263 e. The SMILES string of the molecule is COc1ccc(Cl)cc1-c1nccc2cc(S(=O)(=O)Nc3nncs3)ccc12. The number of hydrogen-bond donors (Lipinski definition) is 1. The predicted octanol–water partition coefficient (Wildman–Crippen LogP) is 4.22. The average molecular weight is 433 g/mol. The van der Waals surface area contributed by atoms with Crippen molar-refractivity contribution in [1.82, 2.24) is 15.2 Å². The van der Waals surface area contributed by atoms with Gasteiger partial charge in [-0.2, -0.15) is 0 Å². The number of halogens is 1. The van der Waals surface area contributed by atoms with Crippen molar-refractivity contribution in [1.29, 1.82) is 0 Å². The van der Waals surface area contributed by atoms with E-state index in [2.05, 4.69) is 19.9 Å².